The predicted molar refractivity (Wildman–Crippen MR) is 105 cm³/mol. The van der Waals surface area contributed by atoms with Crippen molar-refractivity contribution in [1.82, 2.24) is 9.97 Å². The van der Waals surface area contributed by atoms with Gasteiger partial charge in [0, 0.05) is 0 Å². The highest BCUT2D eigenvalue weighted by molar-refractivity contribution is 6.10. The Hall–Kier alpha value is -3.52. The molecule has 0 aliphatic carbocycles. The molecule has 2 amide bonds. The highest BCUT2D eigenvalue weighted by Gasteiger charge is 2.28. The summed E-state index contributed by atoms with van der Waals surface area (Å²) >= 11 is 0. The molecule has 4 rings (SSSR count). The SMILES string of the molecule is C[NH+](CC(=O)N1CC(=O)Nc2ccccc21)Cc1nc2ccccc2c(=O)[nH]1. The highest BCUT2D eigenvalue weighted by Crippen LogP contribution is 2.28. The number of carbonyl (C=O) groups is 2. The lowest BCUT2D eigenvalue weighted by Gasteiger charge is -2.29. The van der Waals surface area contributed by atoms with E-state index in [9.17, 15) is 14.4 Å². The minimum absolute atomic E-state index is 0.00577. The van der Waals surface area contributed by atoms with Crippen molar-refractivity contribution in [3.63, 3.8) is 0 Å². The molecular formula is C20H20N5O3+. The molecule has 1 unspecified atom stereocenters. The summed E-state index contributed by atoms with van der Waals surface area (Å²) in [7, 11) is 1.85. The van der Waals surface area contributed by atoms with Crippen LogP contribution in [-0.4, -0.2) is 41.9 Å². The van der Waals surface area contributed by atoms with Crippen molar-refractivity contribution >= 4 is 34.1 Å². The molecule has 3 N–H and O–H groups in total. The van der Waals surface area contributed by atoms with E-state index in [2.05, 4.69) is 15.3 Å². The maximum Gasteiger partial charge on any atom is 0.282 e. The normalized spacial score (nSPS) is 14.5. The summed E-state index contributed by atoms with van der Waals surface area (Å²) in [5.74, 6) is 0.138. The van der Waals surface area contributed by atoms with Gasteiger partial charge in [-0.15, -0.1) is 0 Å². The third kappa shape index (κ3) is 3.49. The van der Waals surface area contributed by atoms with Gasteiger partial charge in [-0.25, -0.2) is 4.98 Å². The largest absolute Gasteiger partial charge is 0.323 e. The van der Waals surface area contributed by atoms with Gasteiger partial charge in [0.05, 0.1) is 29.3 Å². The first-order valence-electron chi connectivity index (χ1n) is 9.00. The van der Waals surface area contributed by atoms with Crippen molar-refractivity contribution < 1.29 is 14.5 Å². The number of para-hydroxylation sites is 3. The Balaban J connectivity index is 1.50. The topological polar surface area (TPSA) is 99.6 Å². The number of hydrogen-bond donors (Lipinski definition) is 3. The molecule has 1 aliphatic heterocycles. The summed E-state index contributed by atoms with van der Waals surface area (Å²) in [6.45, 7) is 0.542. The second-order valence-electron chi connectivity index (χ2n) is 6.89. The monoisotopic (exact) mass is 378 g/mol. The van der Waals surface area contributed by atoms with Gasteiger partial charge >= 0.3 is 0 Å². The molecule has 0 bridgehead atoms. The number of nitrogens with one attached hydrogen (secondary N) is 3. The van der Waals surface area contributed by atoms with Crippen molar-refractivity contribution in [3.05, 3.63) is 64.7 Å². The van der Waals surface area contributed by atoms with E-state index in [1.165, 1.54) is 4.90 Å². The lowest BCUT2D eigenvalue weighted by atomic mass is 10.2. The van der Waals surface area contributed by atoms with Crippen molar-refractivity contribution in [3.8, 4) is 0 Å². The quantitative estimate of drug-likeness (QED) is 0.591. The first-order chi connectivity index (χ1) is 13.5. The van der Waals surface area contributed by atoms with E-state index in [0.717, 1.165) is 4.90 Å². The molecule has 8 heteroatoms. The summed E-state index contributed by atoms with van der Waals surface area (Å²) in [6.07, 6.45) is 0. The van der Waals surface area contributed by atoms with Crippen LogP contribution < -0.4 is 20.7 Å². The van der Waals surface area contributed by atoms with Gasteiger partial charge in [-0.2, -0.15) is 0 Å². The fraction of sp³-hybridized carbons (Fsp3) is 0.200. The van der Waals surface area contributed by atoms with Crippen LogP contribution in [0.4, 0.5) is 11.4 Å². The molecule has 1 atom stereocenters. The zero-order chi connectivity index (χ0) is 19.7. The first kappa shape index (κ1) is 17.9. The highest BCUT2D eigenvalue weighted by atomic mass is 16.2. The van der Waals surface area contributed by atoms with Crippen LogP contribution in [0.2, 0.25) is 0 Å². The number of benzene rings is 2. The Morgan fingerprint density at radius 3 is 2.75 bits per heavy atom. The Morgan fingerprint density at radius 2 is 1.89 bits per heavy atom. The second kappa shape index (κ2) is 7.24. The molecule has 1 aromatic heterocycles. The number of aromatic amines is 1. The molecule has 0 radical (unpaired) electrons. The van der Waals surface area contributed by atoms with Crippen LogP contribution in [0.15, 0.2) is 53.3 Å². The van der Waals surface area contributed by atoms with E-state index in [1.807, 2.05) is 31.3 Å². The number of anilines is 2. The molecule has 0 saturated carbocycles. The summed E-state index contributed by atoms with van der Waals surface area (Å²) in [5.41, 5.74) is 1.76. The van der Waals surface area contributed by atoms with Crippen LogP contribution >= 0.6 is 0 Å². The van der Waals surface area contributed by atoms with E-state index < -0.39 is 0 Å². The predicted octanol–water partition coefficient (Wildman–Crippen LogP) is -0.0769. The van der Waals surface area contributed by atoms with E-state index >= 15 is 0 Å². The van der Waals surface area contributed by atoms with Crippen LogP contribution in [-0.2, 0) is 16.1 Å². The minimum Gasteiger partial charge on any atom is -0.323 e. The fourth-order valence-electron chi connectivity index (χ4n) is 3.38. The fourth-order valence-corrected chi connectivity index (χ4v) is 3.38. The first-order valence-corrected chi connectivity index (χ1v) is 9.00. The number of hydrogen-bond acceptors (Lipinski definition) is 4. The summed E-state index contributed by atoms with van der Waals surface area (Å²) in [6, 6.07) is 14.4. The maximum absolute atomic E-state index is 12.8. The van der Waals surface area contributed by atoms with Crippen molar-refractivity contribution in [2.45, 2.75) is 6.54 Å². The van der Waals surface area contributed by atoms with Crippen molar-refractivity contribution in [1.29, 1.82) is 0 Å². The van der Waals surface area contributed by atoms with Crippen molar-refractivity contribution in [2.75, 3.05) is 30.4 Å². The van der Waals surface area contributed by atoms with E-state index in [4.69, 9.17) is 0 Å². The number of rotatable bonds is 4. The molecular weight excluding hydrogens is 358 g/mol. The number of nitrogens with zero attached hydrogens (tertiary/aromatic N) is 2. The van der Waals surface area contributed by atoms with Crippen molar-refractivity contribution in [2.24, 2.45) is 0 Å². The van der Waals surface area contributed by atoms with Crippen LogP contribution in [0, 0.1) is 0 Å². The summed E-state index contributed by atoms with van der Waals surface area (Å²) < 4.78 is 0. The Kier molecular flexibility index (Phi) is 4.62. The zero-order valence-corrected chi connectivity index (χ0v) is 15.4. The number of carbonyl (C=O) groups excluding carboxylic acids is 2. The van der Waals surface area contributed by atoms with Gasteiger partial charge in [-0.1, -0.05) is 24.3 Å². The van der Waals surface area contributed by atoms with Gasteiger partial charge in [0.15, 0.2) is 12.4 Å². The average molecular weight is 378 g/mol. The molecule has 1 aliphatic rings. The van der Waals surface area contributed by atoms with Gasteiger partial charge in [0.1, 0.15) is 13.1 Å². The Morgan fingerprint density at radius 1 is 1.14 bits per heavy atom. The third-order valence-corrected chi connectivity index (χ3v) is 4.66. The van der Waals surface area contributed by atoms with E-state index in [0.29, 0.717) is 34.6 Å². The van der Waals surface area contributed by atoms with Gasteiger partial charge in [0.2, 0.25) is 5.91 Å². The summed E-state index contributed by atoms with van der Waals surface area (Å²) in [4.78, 5) is 46.5. The number of fused-ring (bicyclic) bond motifs is 2. The van der Waals surface area contributed by atoms with Crippen LogP contribution in [0.25, 0.3) is 10.9 Å². The molecule has 0 fully saturated rings. The van der Waals surface area contributed by atoms with E-state index in [1.54, 1.807) is 24.3 Å². The number of likely N-dealkylation sites (N-methyl/N-ethyl adjacent to an activating group) is 1. The van der Waals surface area contributed by atoms with Gasteiger partial charge in [-0.3, -0.25) is 19.3 Å². The lowest BCUT2D eigenvalue weighted by Crippen LogP contribution is -3.09. The zero-order valence-electron chi connectivity index (χ0n) is 15.4. The van der Waals surface area contributed by atoms with Crippen LogP contribution in [0.5, 0.6) is 0 Å². The Bertz CT molecular complexity index is 1120. The molecule has 142 valence electrons. The van der Waals surface area contributed by atoms with E-state index in [-0.39, 0.29) is 30.5 Å². The number of quaternary nitrogens is 1. The Labute approximate surface area is 160 Å². The molecule has 28 heavy (non-hydrogen) atoms. The van der Waals surface area contributed by atoms with Gasteiger partial charge in [0.25, 0.3) is 11.5 Å². The van der Waals surface area contributed by atoms with Gasteiger partial charge in [-0.05, 0) is 24.3 Å². The maximum atomic E-state index is 12.8. The smallest absolute Gasteiger partial charge is 0.282 e. The standard InChI is InChI=1S/C20H19N5O3/c1-24(10-17-21-14-7-3-2-6-13(14)20(28)23-17)12-19(27)25-11-18(26)22-15-8-4-5-9-16(15)25/h2-9H,10-12H2,1H3,(H,22,26)(H,21,23,28)/p+1. The molecule has 3 aromatic rings. The van der Waals surface area contributed by atoms with Crippen LogP contribution in [0.1, 0.15) is 5.82 Å². The lowest BCUT2D eigenvalue weighted by molar-refractivity contribution is -0.886. The average Bonchev–Trinajstić information content (AvgIpc) is 2.67. The number of aromatic nitrogens is 2. The molecule has 0 spiro atoms. The molecule has 8 nitrogen and oxygen atoms in total. The van der Waals surface area contributed by atoms with Gasteiger partial charge < -0.3 is 15.2 Å². The second-order valence-corrected chi connectivity index (χ2v) is 6.89. The van der Waals surface area contributed by atoms with Crippen LogP contribution in [0.3, 0.4) is 0 Å². The number of amides is 2. The molecule has 2 aromatic carbocycles. The number of H-pyrrole nitrogens is 1. The minimum atomic E-state index is -0.217. The third-order valence-electron chi connectivity index (χ3n) is 4.66. The molecule has 0 saturated heterocycles. The summed E-state index contributed by atoms with van der Waals surface area (Å²) in [5, 5.41) is 3.31. The molecule has 2 heterocycles.